The molecule has 1 aromatic rings. The van der Waals surface area contributed by atoms with Gasteiger partial charge in [-0.05, 0) is 47.9 Å². The summed E-state index contributed by atoms with van der Waals surface area (Å²) < 4.78 is 0. The zero-order valence-corrected chi connectivity index (χ0v) is 15.5. The Morgan fingerprint density at radius 1 is 1.19 bits per heavy atom. The molecule has 1 unspecified atom stereocenters. The monoisotopic (exact) mass is 353 g/mol. The Balaban J connectivity index is 2.18. The number of hydrogen-bond acceptors (Lipinski definition) is 3. The fourth-order valence-corrected chi connectivity index (χ4v) is 3.01. The van der Waals surface area contributed by atoms with E-state index in [-0.39, 0.29) is 11.0 Å². The van der Waals surface area contributed by atoms with Gasteiger partial charge in [0, 0.05) is 0 Å². The second kappa shape index (κ2) is 9.27. The molecule has 0 fully saturated rings. The van der Waals surface area contributed by atoms with E-state index < -0.39 is 12.0 Å². The van der Waals surface area contributed by atoms with Crippen LogP contribution in [0.15, 0.2) is 59.3 Å². The van der Waals surface area contributed by atoms with E-state index in [1.807, 2.05) is 12.2 Å². The molecule has 138 valence electrons. The van der Waals surface area contributed by atoms with Crippen LogP contribution in [0, 0.1) is 10.3 Å². The zero-order valence-electron chi connectivity index (χ0n) is 15.5. The minimum absolute atomic E-state index is 0.111. The standard InChI is InChI=1S/C22H27NO3/c1-22(2)15-6-4-3-5-7-18(14-16-22)20(23-26)13-10-17-8-11-19(12-9-17)21(24)25/h7-14,16,20H,3-6,15H2,1-2H3,(H,24,25). The lowest BCUT2D eigenvalue weighted by molar-refractivity contribution is 0.0697. The van der Waals surface area contributed by atoms with Crippen molar-refractivity contribution in [3.05, 3.63) is 70.2 Å². The van der Waals surface area contributed by atoms with Crippen LogP contribution in [-0.2, 0) is 0 Å². The maximum Gasteiger partial charge on any atom is 0.335 e. The molecule has 0 aliphatic heterocycles. The molecule has 1 atom stereocenters. The third-order valence-corrected chi connectivity index (χ3v) is 4.72. The van der Waals surface area contributed by atoms with Gasteiger partial charge in [0.1, 0.15) is 6.04 Å². The summed E-state index contributed by atoms with van der Waals surface area (Å²) in [7, 11) is 0. The van der Waals surface area contributed by atoms with E-state index >= 15 is 0 Å². The molecular weight excluding hydrogens is 326 g/mol. The van der Waals surface area contributed by atoms with Crippen molar-refractivity contribution in [3.63, 3.8) is 0 Å². The van der Waals surface area contributed by atoms with Crippen molar-refractivity contribution in [2.75, 3.05) is 0 Å². The van der Waals surface area contributed by atoms with Crippen molar-refractivity contribution in [3.8, 4) is 0 Å². The molecule has 0 radical (unpaired) electrons. The molecule has 1 aromatic carbocycles. The van der Waals surface area contributed by atoms with Crippen LogP contribution in [0.2, 0.25) is 0 Å². The van der Waals surface area contributed by atoms with E-state index in [1.165, 1.54) is 12.8 Å². The molecule has 1 aliphatic carbocycles. The molecule has 0 saturated carbocycles. The first-order chi connectivity index (χ1) is 12.4. The van der Waals surface area contributed by atoms with Gasteiger partial charge in [0.25, 0.3) is 0 Å². The molecule has 0 amide bonds. The van der Waals surface area contributed by atoms with Crippen molar-refractivity contribution < 1.29 is 9.90 Å². The average molecular weight is 353 g/mol. The van der Waals surface area contributed by atoms with Crippen LogP contribution in [0.3, 0.4) is 0 Å². The number of rotatable bonds is 5. The number of nitrogens with zero attached hydrogens (tertiary/aromatic N) is 1. The lowest BCUT2D eigenvalue weighted by Crippen LogP contribution is -2.09. The van der Waals surface area contributed by atoms with Gasteiger partial charge in [0.05, 0.1) is 5.56 Å². The van der Waals surface area contributed by atoms with Crippen molar-refractivity contribution in [2.45, 2.75) is 52.0 Å². The van der Waals surface area contributed by atoms with Crippen LogP contribution in [0.1, 0.15) is 61.9 Å². The largest absolute Gasteiger partial charge is 0.478 e. The number of nitroso groups, excluding NO2 is 1. The van der Waals surface area contributed by atoms with Gasteiger partial charge >= 0.3 is 5.97 Å². The zero-order chi connectivity index (χ0) is 19.0. The van der Waals surface area contributed by atoms with Crippen molar-refractivity contribution >= 4 is 12.0 Å². The fourth-order valence-electron chi connectivity index (χ4n) is 3.01. The first-order valence-electron chi connectivity index (χ1n) is 9.15. The molecule has 2 rings (SSSR count). The molecule has 0 aromatic heterocycles. The highest BCUT2D eigenvalue weighted by atomic mass is 16.4. The lowest BCUT2D eigenvalue weighted by atomic mass is 9.84. The van der Waals surface area contributed by atoms with Gasteiger partial charge in [-0.2, -0.15) is 0 Å². The second-order valence-corrected chi connectivity index (χ2v) is 7.46. The second-order valence-electron chi connectivity index (χ2n) is 7.46. The first-order valence-corrected chi connectivity index (χ1v) is 9.15. The van der Waals surface area contributed by atoms with Gasteiger partial charge in [-0.15, -0.1) is 4.91 Å². The van der Waals surface area contributed by atoms with Crippen molar-refractivity contribution in [2.24, 2.45) is 10.6 Å². The molecule has 0 heterocycles. The third-order valence-electron chi connectivity index (χ3n) is 4.72. The topological polar surface area (TPSA) is 66.7 Å². The molecule has 0 saturated heterocycles. The summed E-state index contributed by atoms with van der Waals surface area (Å²) in [5, 5.41) is 12.2. The van der Waals surface area contributed by atoms with Gasteiger partial charge in [0.15, 0.2) is 0 Å². The predicted molar refractivity (Wildman–Crippen MR) is 106 cm³/mol. The SMILES string of the molecule is CC1(C)C=CC(C(C=Cc2ccc(C(=O)O)cc2)N=O)=CCCCCC1. The minimum Gasteiger partial charge on any atom is -0.478 e. The van der Waals surface area contributed by atoms with Crippen molar-refractivity contribution in [1.82, 2.24) is 0 Å². The van der Waals surface area contributed by atoms with E-state index in [1.54, 1.807) is 30.3 Å². The Labute approximate surface area is 155 Å². The Kier molecular flexibility index (Phi) is 7.07. The normalized spacial score (nSPS) is 18.9. The van der Waals surface area contributed by atoms with Crippen LogP contribution in [-0.4, -0.2) is 17.1 Å². The molecule has 1 aliphatic rings. The lowest BCUT2D eigenvalue weighted by Gasteiger charge is -2.21. The van der Waals surface area contributed by atoms with Crippen molar-refractivity contribution in [1.29, 1.82) is 0 Å². The van der Waals surface area contributed by atoms with E-state index in [0.29, 0.717) is 0 Å². The number of carboxylic acid groups (broad SMARTS) is 1. The smallest absolute Gasteiger partial charge is 0.335 e. The summed E-state index contributed by atoms with van der Waals surface area (Å²) in [6.07, 6.45) is 15.6. The minimum atomic E-state index is -0.952. The molecule has 0 spiro atoms. The van der Waals surface area contributed by atoms with Crippen LogP contribution < -0.4 is 0 Å². The van der Waals surface area contributed by atoms with Gasteiger partial charge in [-0.1, -0.05) is 74.4 Å². The van der Waals surface area contributed by atoms with Gasteiger partial charge in [0.2, 0.25) is 0 Å². The van der Waals surface area contributed by atoms with Crippen LogP contribution >= 0.6 is 0 Å². The quantitative estimate of drug-likeness (QED) is 0.660. The maximum atomic E-state index is 11.4. The Morgan fingerprint density at radius 3 is 2.58 bits per heavy atom. The fraction of sp³-hybridized carbons (Fsp3) is 0.409. The van der Waals surface area contributed by atoms with Crippen LogP contribution in [0.4, 0.5) is 0 Å². The van der Waals surface area contributed by atoms with E-state index in [9.17, 15) is 9.70 Å². The van der Waals surface area contributed by atoms with Gasteiger partial charge < -0.3 is 5.11 Å². The summed E-state index contributed by atoms with van der Waals surface area (Å²) in [6, 6.07) is 6.01. The highest BCUT2D eigenvalue weighted by Gasteiger charge is 2.16. The maximum absolute atomic E-state index is 11.4. The van der Waals surface area contributed by atoms with Gasteiger partial charge in [-0.25, -0.2) is 4.79 Å². The van der Waals surface area contributed by atoms with Gasteiger partial charge in [-0.3, -0.25) is 0 Å². The summed E-state index contributed by atoms with van der Waals surface area (Å²) in [5.74, 6) is -0.952. The Bertz CT molecular complexity index is 711. The number of carboxylic acids is 1. The number of carbonyl (C=O) groups is 1. The van der Waals surface area contributed by atoms with E-state index in [4.69, 9.17) is 5.11 Å². The highest BCUT2D eigenvalue weighted by molar-refractivity contribution is 5.87. The Hall–Kier alpha value is -2.49. The summed E-state index contributed by atoms with van der Waals surface area (Å²) in [4.78, 5) is 22.3. The first kappa shape index (κ1) is 19.8. The predicted octanol–water partition coefficient (Wildman–Crippen LogP) is 6.01. The average Bonchev–Trinajstić information content (AvgIpc) is 2.62. The molecule has 4 heteroatoms. The number of hydrogen-bond donors (Lipinski definition) is 1. The highest BCUT2D eigenvalue weighted by Crippen LogP contribution is 2.28. The summed E-state index contributed by atoms with van der Waals surface area (Å²) in [6.45, 7) is 4.43. The molecular formula is C22H27NO3. The van der Waals surface area contributed by atoms with Crippen LogP contribution in [0.25, 0.3) is 6.08 Å². The molecule has 0 bridgehead atoms. The molecule has 4 nitrogen and oxygen atoms in total. The molecule has 26 heavy (non-hydrogen) atoms. The number of allylic oxidation sites excluding steroid dienone is 2. The third kappa shape index (κ3) is 6.10. The summed E-state index contributed by atoms with van der Waals surface area (Å²) >= 11 is 0. The van der Waals surface area contributed by atoms with E-state index in [0.717, 1.165) is 30.4 Å². The number of benzene rings is 1. The summed E-state index contributed by atoms with van der Waals surface area (Å²) in [5.41, 5.74) is 2.12. The van der Waals surface area contributed by atoms with E-state index in [2.05, 4.69) is 31.2 Å². The molecule has 1 N–H and O–H groups in total. The number of aromatic carboxylic acids is 1. The van der Waals surface area contributed by atoms with Crippen LogP contribution in [0.5, 0.6) is 0 Å². The Morgan fingerprint density at radius 2 is 1.92 bits per heavy atom.